The van der Waals surface area contributed by atoms with Crippen LogP contribution in [0.2, 0.25) is 0 Å². The van der Waals surface area contributed by atoms with Gasteiger partial charge in [0.05, 0.1) is 5.92 Å². The van der Waals surface area contributed by atoms with E-state index in [4.69, 9.17) is 4.74 Å². The van der Waals surface area contributed by atoms with Gasteiger partial charge in [0.2, 0.25) is 0 Å². The Morgan fingerprint density at radius 2 is 1.95 bits per heavy atom. The van der Waals surface area contributed by atoms with E-state index < -0.39 is 0 Å². The number of cyclic esters (lactones) is 1. The minimum atomic E-state index is 0.0681. The molecule has 2 saturated heterocycles. The number of likely N-dealkylation sites (tertiary alicyclic amines) is 1. The molecule has 2 aliphatic rings. The third kappa shape index (κ3) is 4.79. The Hall–Kier alpha value is -0.570. The van der Waals surface area contributed by atoms with Crippen LogP contribution in [0.25, 0.3) is 0 Å². The first-order chi connectivity index (χ1) is 9.29. The molecule has 3 heteroatoms. The van der Waals surface area contributed by atoms with Crippen molar-refractivity contribution >= 4 is 5.97 Å². The molecule has 0 amide bonds. The molecule has 0 aromatic carbocycles. The molecule has 0 N–H and O–H groups in total. The van der Waals surface area contributed by atoms with Crippen molar-refractivity contribution in [3.63, 3.8) is 0 Å². The molecule has 2 unspecified atom stereocenters. The number of carbonyl (C=O) groups excluding carboxylic acids is 1. The summed E-state index contributed by atoms with van der Waals surface area (Å²) in [5.74, 6) is 0.255. The van der Waals surface area contributed by atoms with Crippen molar-refractivity contribution in [2.45, 2.75) is 70.8 Å². The Labute approximate surface area is 117 Å². The average Bonchev–Trinajstić information content (AvgIpc) is 2.76. The van der Waals surface area contributed by atoms with Crippen LogP contribution >= 0.6 is 0 Å². The summed E-state index contributed by atoms with van der Waals surface area (Å²) in [5.41, 5.74) is 0. The van der Waals surface area contributed by atoms with Gasteiger partial charge < -0.3 is 4.74 Å². The maximum absolute atomic E-state index is 11.8. The molecule has 2 aliphatic heterocycles. The van der Waals surface area contributed by atoms with Crippen LogP contribution in [0.15, 0.2) is 0 Å². The lowest BCUT2D eigenvalue weighted by Gasteiger charge is -2.28. The molecule has 0 bridgehead atoms. The van der Waals surface area contributed by atoms with E-state index in [1.807, 2.05) is 0 Å². The summed E-state index contributed by atoms with van der Waals surface area (Å²) in [6, 6.07) is 0. The van der Waals surface area contributed by atoms with Gasteiger partial charge in [0.15, 0.2) is 0 Å². The molecule has 0 aromatic rings. The van der Waals surface area contributed by atoms with Gasteiger partial charge in [-0.1, -0.05) is 39.0 Å². The molecule has 2 atom stereocenters. The van der Waals surface area contributed by atoms with Crippen LogP contribution in [0, 0.1) is 5.92 Å². The molecule has 0 aromatic heterocycles. The smallest absolute Gasteiger partial charge is 0.309 e. The van der Waals surface area contributed by atoms with E-state index in [-0.39, 0.29) is 18.0 Å². The second kappa shape index (κ2) is 7.88. The number of esters is 1. The minimum Gasteiger partial charge on any atom is -0.461 e. The molecular formula is C16H29NO2. The molecular weight excluding hydrogens is 238 g/mol. The molecule has 0 spiro atoms. The van der Waals surface area contributed by atoms with Gasteiger partial charge in [-0.3, -0.25) is 9.69 Å². The second-order valence-corrected chi connectivity index (χ2v) is 6.20. The first-order valence-corrected chi connectivity index (χ1v) is 8.22. The highest BCUT2D eigenvalue weighted by atomic mass is 16.6. The number of piperidine rings is 1. The summed E-state index contributed by atoms with van der Waals surface area (Å²) in [6.45, 7) is 5.57. The molecule has 2 fully saturated rings. The van der Waals surface area contributed by atoms with Gasteiger partial charge >= 0.3 is 5.97 Å². The van der Waals surface area contributed by atoms with Crippen LogP contribution in [0.3, 0.4) is 0 Å². The van der Waals surface area contributed by atoms with Gasteiger partial charge in [0.1, 0.15) is 6.10 Å². The fourth-order valence-corrected chi connectivity index (χ4v) is 3.32. The van der Waals surface area contributed by atoms with Crippen molar-refractivity contribution in [3.05, 3.63) is 0 Å². The molecule has 3 nitrogen and oxygen atoms in total. The Morgan fingerprint density at radius 3 is 2.68 bits per heavy atom. The predicted octanol–water partition coefficient (Wildman–Crippen LogP) is 3.37. The van der Waals surface area contributed by atoms with Crippen LogP contribution in [-0.2, 0) is 9.53 Å². The number of nitrogens with zero attached hydrogens (tertiary/aromatic N) is 1. The van der Waals surface area contributed by atoms with Gasteiger partial charge in [0.25, 0.3) is 0 Å². The lowest BCUT2D eigenvalue weighted by atomic mass is 9.97. The second-order valence-electron chi connectivity index (χ2n) is 6.20. The minimum absolute atomic E-state index is 0.0681. The van der Waals surface area contributed by atoms with Gasteiger partial charge in [-0.15, -0.1) is 0 Å². The third-order valence-corrected chi connectivity index (χ3v) is 4.48. The lowest BCUT2D eigenvalue weighted by Crippen LogP contribution is -2.36. The monoisotopic (exact) mass is 267 g/mol. The van der Waals surface area contributed by atoms with Crippen molar-refractivity contribution in [2.75, 3.05) is 19.6 Å². The zero-order valence-corrected chi connectivity index (χ0v) is 12.4. The number of carbonyl (C=O) groups is 1. The lowest BCUT2D eigenvalue weighted by molar-refractivity contribution is -0.145. The van der Waals surface area contributed by atoms with E-state index in [0.717, 1.165) is 19.4 Å². The van der Waals surface area contributed by atoms with E-state index in [1.54, 1.807) is 0 Å². The number of ether oxygens (including phenoxy) is 1. The van der Waals surface area contributed by atoms with Crippen molar-refractivity contribution in [1.29, 1.82) is 0 Å². The standard InChI is InChI=1S/C16H29NO2/c1-2-3-4-6-9-14-12-15(19-16(14)18)13-17-10-7-5-8-11-17/h14-15H,2-13H2,1H3. The maximum Gasteiger partial charge on any atom is 0.309 e. The van der Waals surface area contributed by atoms with Crippen LogP contribution in [0.4, 0.5) is 0 Å². The molecule has 0 saturated carbocycles. The van der Waals surface area contributed by atoms with Crippen LogP contribution in [0.1, 0.15) is 64.7 Å². The summed E-state index contributed by atoms with van der Waals surface area (Å²) in [5, 5.41) is 0. The Morgan fingerprint density at radius 1 is 1.16 bits per heavy atom. The molecule has 2 rings (SSSR count). The molecule has 0 radical (unpaired) electrons. The molecule has 0 aliphatic carbocycles. The normalized spacial score (nSPS) is 28.6. The fraction of sp³-hybridized carbons (Fsp3) is 0.938. The summed E-state index contributed by atoms with van der Waals surface area (Å²) in [4.78, 5) is 14.3. The topological polar surface area (TPSA) is 29.5 Å². The Balaban J connectivity index is 1.66. The van der Waals surface area contributed by atoms with Crippen LogP contribution in [-0.4, -0.2) is 36.6 Å². The van der Waals surface area contributed by atoms with Gasteiger partial charge in [0, 0.05) is 6.54 Å². The maximum atomic E-state index is 11.8. The summed E-state index contributed by atoms with van der Waals surface area (Å²) in [7, 11) is 0. The Kier molecular flexibility index (Phi) is 6.15. The van der Waals surface area contributed by atoms with E-state index in [0.29, 0.717) is 0 Å². The van der Waals surface area contributed by atoms with Crippen molar-refractivity contribution in [1.82, 2.24) is 4.90 Å². The van der Waals surface area contributed by atoms with Crippen molar-refractivity contribution in [3.8, 4) is 0 Å². The van der Waals surface area contributed by atoms with Crippen LogP contribution < -0.4 is 0 Å². The van der Waals surface area contributed by atoms with Crippen molar-refractivity contribution in [2.24, 2.45) is 5.92 Å². The Bertz CT molecular complexity index is 274. The summed E-state index contributed by atoms with van der Waals surface area (Å²) >= 11 is 0. The third-order valence-electron chi connectivity index (χ3n) is 4.48. The van der Waals surface area contributed by atoms with Crippen molar-refractivity contribution < 1.29 is 9.53 Å². The van der Waals surface area contributed by atoms with E-state index in [2.05, 4.69) is 11.8 Å². The molecule has 19 heavy (non-hydrogen) atoms. The summed E-state index contributed by atoms with van der Waals surface area (Å²) in [6.07, 6.45) is 11.1. The highest BCUT2D eigenvalue weighted by molar-refractivity contribution is 5.74. The first kappa shape index (κ1) is 14.8. The van der Waals surface area contributed by atoms with E-state index in [1.165, 1.54) is 58.0 Å². The number of hydrogen-bond acceptors (Lipinski definition) is 3. The zero-order valence-electron chi connectivity index (χ0n) is 12.4. The van der Waals surface area contributed by atoms with Crippen LogP contribution in [0.5, 0.6) is 0 Å². The van der Waals surface area contributed by atoms with E-state index >= 15 is 0 Å². The highest BCUT2D eigenvalue weighted by Crippen LogP contribution is 2.27. The van der Waals surface area contributed by atoms with E-state index in [9.17, 15) is 4.79 Å². The zero-order chi connectivity index (χ0) is 13.5. The quantitative estimate of drug-likeness (QED) is 0.523. The predicted molar refractivity (Wildman–Crippen MR) is 77.0 cm³/mol. The largest absolute Gasteiger partial charge is 0.461 e. The van der Waals surface area contributed by atoms with Gasteiger partial charge in [-0.2, -0.15) is 0 Å². The number of unbranched alkanes of at least 4 members (excludes halogenated alkanes) is 3. The fourth-order valence-electron chi connectivity index (χ4n) is 3.32. The summed E-state index contributed by atoms with van der Waals surface area (Å²) < 4.78 is 5.55. The highest BCUT2D eigenvalue weighted by Gasteiger charge is 2.34. The van der Waals surface area contributed by atoms with Gasteiger partial charge in [-0.25, -0.2) is 0 Å². The van der Waals surface area contributed by atoms with Gasteiger partial charge in [-0.05, 0) is 38.8 Å². The SMILES string of the molecule is CCCCCCC1CC(CN2CCCCC2)OC1=O. The number of hydrogen-bond donors (Lipinski definition) is 0. The first-order valence-electron chi connectivity index (χ1n) is 8.22. The number of rotatable bonds is 7. The molecule has 2 heterocycles. The molecule has 110 valence electrons. The average molecular weight is 267 g/mol.